The van der Waals surface area contributed by atoms with Gasteiger partial charge in [0.2, 0.25) is 0 Å². The number of carbonyl (C=O) groups is 3. The van der Waals surface area contributed by atoms with Crippen LogP contribution in [0.15, 0.2) is 5.38 Å². The zero-order valence-corrected chi connectivity index (χ0v) is 13.9. The van der Waals surface area contributed by atoms with Crippen molar-refractivity contribution in [2.24, 2.45) is 0 Å². The van der Waals surface area contributed by atoms with Crippen LogP contribution in [0, 0.1) is 0 Å². The Bertz CT molecular complexity index is 609. The number of ether oxygens (including phenoxy) is 1. The van der Waals surface area contributed by atoms with Gasteiger partial charge in [-0.3, -0.25) is 9.59 Å². The van der Waals surface area contributed by atoms with Crippen molar-refractivity contribution in [1.82, 2.24) is 5.32 Å². The molecule has 8 heteroatoms. The van der Waals surface area contributed by atoms with Crippen LogP contribution in [-0.4, -0.2) is 42.1 Å². The molecule has 1 fully saturated rings. The van der Waals surface area contributed by atoms with Crippen molar-refractivity contribution in [1.29, 1.82) is 0 Å². The van der Waals surface area contributed by atoms with E-state index in [4.69, 9.17) is 9.84 Å². The Kier molecular flexibility index (Phi) is 5.73. The SMILES string of the molecule is CCOC(=O)c1c(C2CC2)csc1NC(=O)C(=O)NC(C)CO. The van der Waals surface area contributed by atoms with Crippen molar-refractivity contribution in [3.05, 3.63) is 16.5 Å². The van der Waals surface area contributed by atoms with E-state index in [1.165, 1.54) is 11.3 Å². The lowest BCUT2D eigenvalue weighted by atomic mass is 10.1. The molecule has 2 amide bonds. The molecule has 0 spiro atoms. The lowest BCUT2D eigenvalue weighted by Gasteiger charge is -2.11. The highest BCUT2D eigenvalue weighted by Gasteiger charge is 2.32. The monoisotopic (exact) mass is 340 g/mol. The minimum Gasteiger partial charge on any atom is -0.462 e. The van der Waals surface area contributed by atoms with Crippen molar-refractivity contribution in [3.63, 3.8) is 0 Å². The predicted molar refractivity (Wildman–Crippen MR) is 85.6 cm³/mol. The van der Waals surface area contributed by atoms with Crippen LogP contribution in [0.4, 0.5) is 5.00 Å². The zero-order valence-electron chi connectivity index (χ0n) is 13.0. The van der Waals surface area contributed by atoms with Crippen molar-refractivity contribution in [2.75, 3.05) is 18.5 Å². The molecule has 0 saturated heterocycles. The molecule has 1 unspecified atom stereocenters. The van der Waals surface area contributed by atoms with Gasteiger partial charge >= 0.3 is 17.8 Å². The molecule has 1 aliphatic rings. The van der Waals surface area contributed by atoms with Gasteiger partial charge in [0, 0.05) is 6.04 Å². The average molecular weight is 340 g/mol. The van der Waals surface area contributed by atoms with Crippen LogP contribution in [0.5, 0.6) is 0 Å². The van der Waals surface area contributed by atoms with Gasteiger partial charge in [0.1, 0.15) is 5.00 Å². The molecular weight excluding hydrogens is 320 g/mol. The average Bonchev–Trinajstić information content (AvgIpc) is 3.28. The molecule has 1 saturated carbocycles. The summed E-state index contributed by atoms with van der Waals surface area (Å²) in [6.07, 6.45) is 2.01. The zero-order chi connectivity index (χ0) is 17.0. The molecule has 1 aliphatic carbocycles. The van der Waals surface area contributed by atoms with E-state index in [9.17, 15) is 14.4 Å². The molecule has 1 aromatic rings. The maximum atomic E-state index is 12.2. The molecule has 0 bridgehead atoms. The predicted octanol–water partition coefficient (Wildman–Crippen LogP) is 1.24. The van der Waals surface area contributed by atoms with E-state index >= 15 is 0 Å². The number of hydrogen-bond donors (Lipinski definition) is 3. The number of nitrogens with one attached hydrogen (secondary N) is 2. The summed E-state index contributed by atoms with van der Waals surface area (Å²) in [5.41, 5.74) is 1.21. The van der Waals surface area contributed by atoms with Gasteiger partial charge in [0.15, 0.2) is 0 Å². The van der Waals surface area contributed by atoms with Gasteiger partial charge < -0.3 is 20.5 Å². The van der Waals surface area contributed by atoms with E-state index in [2.05, 4.69) is 10.6 Å². The van der Waals surface area contributed by atoms with Crippen molar-refractivity contribution < 1.29 is 24.2 Å². The molecule has 0 radical (unpaired) electrons. The summed E-state index contributed by atoms with van der Waals surface area (Å²) >= 11 is 1.21. The third-order valence-electron chi connectivity index (χ3n) is 3.40. The van der Waals surface area contributed by atoms with Crippen LogP contribution in [0.2, 0.25) is 0 Å². The molecule has 7 nitrogen and oxygen atoms in total. The first-order chi connectivity index (χ1) is 11.0. The Hall–Kier alpha value is -1.93. The third kappa shape index (κ3) is 4.29. The minimum atomic E-state index is -0.875. The number of amides is 2. The third-order valence-corrected chi connectivity index (χ3v) is 4.31. The van der Waals surface area contributed by atoms with Crippen LogP contribution in [0.1, 0.15) is 48.5 Å². The van der Waals surface area contributed by atoms with Gasteiger partial charge in [-0.2, -0.15) is 0 Å². The smallest absolute Gasteiger partial charge is 0.341 e. The second kappa shape index (κ2) is 7.56. The topological polar surface area (TPSA) is 105 Å². The van der Waals surface area contributed by atoms with E-state index in [1.807, 2.05) is 5.38 Å². The van der Waals surface area contributed by atoms with Gasteiger partial charge in [-0.15, -0.1) is 11.3 Å². The summed E-state index contributed by atoms with van der Waals surface area (Å²) in [7, 11) is 0. The summed E-state index contributed by atoms with van der Waals surface area (Å²) in [6, 6.07) is -0.525. The van der Waals surface area contributed by atoms with Crippen LogP contribution in [-0.2, 0) is 14.3 Å². The number of hydrogen-bond acceptors (Lipinski definition) is 6. The number of anilines is 1. The second-order valence-electron chi connectivity index (χ2n) is 5.40. The number of thiophene rings is 1. The molecule has 23 heavy (non-hydrogen) atoms. The Morgan fingerprint density at radius 2 is 2.09 bits per heavy atom. The largest absolute Gasteiger partial charge is 0.462 e. The summed E-state index contributed by atoms with van der Waals surface area (Å²) in [5.74, 6) is -1.91. The van der Waals surface area contributed by atoms with Crippen molar-refractivity contribution in [3.8, 4) is 0 Å². The summed E-state index contributed by atoms with van der Waals surface area (Å²) in [5, 5.41) is 15.9. The Morgan fingerprint density at radius 1 is 1.39 bits per heavy atom. The molecule has 126 valence electrons. The standard InChI is InChI=1S/C15H20N2O5S/c1-3-22-15(21)11-10(9-4-5-9)7-23-14(11)17-13(20)12(19)16-8(2)6-18/h7-9,18H,3-6H2,1-2H3,(H,16,19)(H,17,20). The van der Waals surface area contributed by atoms with Crippen LogP contribution < -0.4 is 10.6 Å². The van der Waals surface area contributed by atoms with Gasteiger partial charge in [0.25, 0.3) is 0 Å². The van der Waals surface area contributed by atoms with Gasteiger partial charge in [-0.1, -0.05) is 0 Å². The lowest BCUT2D eigenvalue weighted by molar-refractivity contribution is -0.136. The Labute approximate surface area is 138 Å². The number of aliphatic hydroxyl groups is 1. The number of esters is 1. The van der Waals surface area contributed by atoms with E-state index in [1.54, 1.807) is 13.8 Å². The van der Waals surface area contributed by atoms with Crippen LogP contribution in [0.3, 0.4) is 0 Å². The van der Waals surface area contributed by atoms with Crippen LogP contribution in [0.25, 0.3) is 0 Å². The molecule has 1 heterocycles. The van der Waals surface area contributed by atoms with E-state index in [0.29, 0.717) is 16.5 Å². The first-order valence-corrected chi connectivity index (χ1v) is 8.37. The first-order valence-electron chi connectivity index (χ1n) is 7.49. The van der Waals surface area contributed by atoms with E-state index in [0.717, 1.165) is 18.4 Å². The molecule has 0 aromatic carbocycles. The number of rotatable bonds is 6. The van der Waals surface area contributed by atoms with Gasteiger partial charge in [-0.25, -0.2) is 4.79 Å². The molecule has 0 aliphatic heterocycles. The molecule has 1 atom stereocenters. The Balaban J connectivity index is 2.14. The fraction of sp³-hybridized carbons (Fsp3) is 0.533. The molecule has 1 aromatic heterocycles. The highest BCUT2D eigenvalue weighted by atomic mass is 32.1. The lowest BCUT2D eigenvalue weighted by Crippen LogP contribution is -2.42. The van der Waals surface area contributed by atoms with Crippen molar-refractivity contribution in [2.45, 2.75) is 38.6 Å². The minimum absolute atomic E-state index is 0.237. The molecular formula is C15H20N2O5S. The fourth-order valence-electron chi connectivity index (χ4n) is 2.07. The van der Waals surface area contributed by atoms with Gasteiger partial charge in [-0.05, 0) is 43.6 Å². The second-order valence-corrected chi connectivity index (χ2v) is 6.28. The van der Waals surface area contributed by atoms with Crippen LogP contribution >= 0.6 is 11.3 Å². The normalized spacial score (nSPS) is 14.9. The molecule has 2 rings (SSSR count). The Morgan fingerprint density at radius 3 is 2.65 bits per heavy atom. The van der Waals surface area contributed by atoms with Gasteiger partial charge in [0.05, 0.1) is 18.8 Å². The fourth-order valence-corrected chi connectivity index (χ4v) is 3.09. The summed E-state index contributed by atoms with van der Waals surface area (Å²) in [6.45, 7) is 3.26. The summed E-state index contributed by atoms with van der Waals surface area (Å²) < 4.78 is 5.05. The van der Waals surface area contributed by atoms with Crippen molar-refractivity contribution >= 4 is 34.1 Å². The quantitative estimate of drug-likeness (QED) is 0.534. The van der Waals surface area contributed by atoms with E-state index < -0.39 is 23.8 Å². The van der Waals surface area contributed by atoms with E-state index in [-0.39, 0.29) is 13.2 Å². The number of carbonyl (C=O) groups excluding carboxylic acids is 3. The maximum absolute atomic E-state index is 12.2. The first kappa shape index (κ1) is 17.4. The molecule has 3 N–H and O–H groups in total. The highest BCUT2D eigenvalue weighted by molar-refractivity contribution is 7.15. The number of aliphatic hydroxyl groups excluding tert-OH is 1. The maximum Gasteiger partial charge on any atom is 0.341 e. The highest BCUT2D eigenvalue weighted by Crippen LogP contribution is 2.46. The summed E-state index contributed by atoms with van der Waals surface area (Å²) in [4.78, 5) is 35.8.